The second-order valence-corrected chi connectivity index (χ2v) is 4.81. The van der Waals surface area contributed by atoms with Crippen LogP contribution in [-0.4, -0.2) is 36.4 Å². The first-order valence-electron chi connectivity index (χ1n) is 6.82. The Balaban J connectivity index is 2.32. The van der Waals surface area contributed by atoms with E-state index in [4.69, 9.17) is 4.74 Å². The molecule has 8 heteroatoms. The smallest absolute Gasteiger partial charge is 0.310 e. The van der Waals surface area contributed by atoms with Gasteiger partial charge >= 0.3 is 5.69 Å². The van der Waals surface area contributed by atoms with E-state index in [1.54, 1.807) is 19.9 Å². The van der Waals surface area contributed by atoms with Gasteiger partial charge in [0.2, 0.25) is 5.91 Å². The number of carbonyl (C=O) groups excluding carboxylic acids is 2. The zero-order valence-corrected chi connectivity index (χ0v) is 12.5. The van der Waals surface area contributed by atoms with Gasteiger partial charge < -0.3 is 15.4 Å². The summed E-state index contributed by atoms with van der Waals surface area (Å²) in [5, 5.41) is 16.0. The van der Waals surface area contributed by atoms with E-state index in [0.29, 0.717) is 6.54 Å². The Morgan fingerprint density at radius 2 is 1.86 bits per heavy atom. The molecule has 0 atom stereocenters. The first-order valence-corrected chi connectivity index (χ1v) is 6.82. The largest absolute Gasteiger partial charge is 0.477 e. The van der Waals surface area contributed by atoms with E-state index in [9.17, 15) is 19.7 Å². The maximum atomic E-state index is 11.6. The van der Waals surface area contributed by atoms with Crippen molar-refractivity contribution in [3.63, 3.8) is 0 Å². The van der Waals surface area contributed by atoms with E-state index < -0.39 is 10.8 Å². The molecule has 0 aliphatic heterocycles. The Morgan fingerprint density at radius 1 is 1.23 bits per heavy atom. The molecule has 0 heterocycles. The monoisotopic (exact) mass is 309 g/mol. The highest BCUT2D eigenvalue weighted by atomic mass is 16.6. The van der Waals surface area contributed by atoms with Crippen molar-refractivity contribution in [2.45, 2.75) is 13.8 Å². The molecule has 0 saturated heterocycles. The second-order valence-electron chi connectivity index (χ2n) is 4.81. The normalized spacial score (nSPS) is 10.1. The fourth-order valence-corrected chi connectivity index (χ4v) is 1.52. The molecular weight excluding hydrogens is 290 g/mol. The Morgan fingerprint density at radius 3 is 2.50 bits per heavy atom. The number of carbonyl (C=O) groups is 2. The summed E-state index contributed by atoms with van der Waals surface area (Å²) in [7, 11) is 0. The quantitative estimate of drug-likeness (QED) is 0.420. The van der Waals surface area contributed by atoms with Crippen molar-refractivity contribution in [2.75, 3.05) is 19.7 Å². The van der Waals surface area contributed by atoms with Crippen LogP contribution in [0, 0.1) is 16.0 Å². The third kappa shape index (κ3) is 5.78. The lowest BCUT2D eigenvalue weighted by atomic mass is 10.2. The highest BCUT2D eigenvalue weighted by Crippen LogP contribution is 2.25. The fourth-order valence-electron chi connectivity index (χ4n) is 1.52. The van der Waals surface area contributed by atoms with Gasteiger partial charge in [-0.3, -0.25) is 19.7 Å². The van der Waals surface area contributed by atoms with Crippen LogP contribution in [0.3, 0.4) is 0 Å². The topological polar surface area (TPSA) is 111 Å². The Kier molecular flexibility index (Phi) is 6.81. The van der Waals surface area contributed by atoms with Crippen molar-refractivity contribution in [3.05, 3.63) is 34.4 Å². The van der Waals surface area contributed by atoms with Crippen LogP contribution in [0.25, 0.3) is 0 Å². The molecule has 2 amide bonds. The number of benzene rings is 1. The number of hydrogen-bond donors (Lipinski definition) is 2. The minimum atomic E-state index is -0.575. The molecule has 22 heavy (non-hydrogen) atoms. The number of nitrogens with zero attached hydrogens (tertiary/aromatic N) is 1. The number of para-hydroxylation sites is 2. The first-order chi connectivity index (χ1) is 10.4. The molecular formula is C14H19N3O5. The maximum absolute atomic E-state index is 11.6. The van der Waals surface area contributed by atoms with Crippen molar-refractivity contribution in [2.24, 2.45) is 5.92 Å². The lowest BCUT2D eigenvalue weighted by molar-refractivity contribution is -0.385. The SMILES string of the molecule is CC(C)C(=O)NCCNC(=O)COc1ccccc1[N+](=O)[O-]. The summed E-state index contributed by atoms with van der Waals surface area (Å²) in [6.07, 6.45) is 0. The zero-order chi connectivity index (χ0) is 16.5. The molecule has 0 aromatic heterocycles. The average Bonchev–Trinajstić information content (AvgIpc) is 2.49. The highest BCUT2D eigenvalue weighted by Gasteiger charge is 2.14. The van der Waals surface area contributed by atoms with E-state index in [1.807, 2.05) is 0 Å². The van der Waals surface area contributed by atoms with Gasteiger partial charge in [-0.15, -0.1) is 0 Å². The van der Waals surface area contributed by atoms with Crippen molar-refractivity contribution in [3.8, 4) is 5.75 Å². The summed E-state index contributed by atoms with van der Waals surface area (Å²) in [6.45, 7) is 3.79. The molecule has 0 fully saturated rings. The van der Waals surface area contributed by atoms with Gasteiger partial charge in [0.15, 0.2) is 12.4 Å². The second kappa shape index (κ2) is 8.60. The highest BCUT2D eigenvalue weighted by molar-refractivity contribution is 5.78. The van der Waals surface area contributed by atoms with Gasteiger partial charge in [0.25, 0.3) is 5.91 Å². The van der Waals surface area contributed by atoms with Crippen molar-refractivity contribution < 1.29 is 19.2 Å². The lowest BCUT2D eigenvalue weighted by Gasteiger charge is -2.09. The molecule has 0 aliphatic rings. The zero-order valence-electron chi connectivity index (χ0n) is 12.5. The maximum Gasteiger partial charge on any atom is 0.310 e. The van der Waals surface area contributed by atoms with Crippen LogP contribution in [-0.2, 0) is 9.59 Å². The summed E-state index contributed by atoms with van der Waals surface area (Å²) < 4.78 is 5.14. The number of nitrogens with one attached hydrogen (secondary N) is 2. The fraction of sp³-hybridized carbons (Fsp3) is 0.429. The van der Waals surface area contributed by atoms with Crippen LogP contribution in [0.1, 0.15) is 13.8 Å². The lowest BCUT2D eigenvalue weighted by Crippen LogP contribution is -2.38. The van der Waals surface area contributed by atoms with Crippen molar-refractivity contribution >= 4 is 17.5 Å². The number of rotatable bonds is 8. The summed E-state index contributed by atoms with van der Waals surface area (Å²) >= 11 is 0. The molecule has 0 spiro atoms. The molecule has 0 radical (unpaired) electrons. The predicted molar refractivity (Wildman–Crippen MR) is 79.4 cm³/mol. The number of nitro benzene ring substituents is 1. The van der Waals surface area contributed by atoms with E-state index in [1.165, 1.54) is 18.2 Å². The van der Waals surface area contributed by atoms with Gasteiger partial charge in [-0.2, -0.15) is 0 Å². The van der Waals surface area contributed by atoms with Crippen LogP contribution in [0.15, 0.2) is 24.3 Å². The molecule has 8 nitrogen and oxygen atoms in total. The minimum absolute atomic E-state index is 0.0377. The summed E-state index contributed by atoms with van der Waals surface area (Å²) in [5.41, 5.74) is -0.195. The van der Waals surface area contributed by atoms with Gasteiger partial charge in [-0.25, -0.2) is 0 Å². The molecule has 0 saturated carbocycles. The van der Waals surface area contributed by atoms with Crippen LogP contribution in [0.2, 0.25) is 0 Å². The molecule has 120 valence electrons. The minimum Gasteiger partial charge on any atom is -0.477 e. The number of ether oxygens (including phenoxy) is 1. The summed E-state index contributed by atoms with van der Waals surface area (Å²) in [4.78, 5) is 33.1. The molecule has 0 bridgehead atoms. The average molecular weight is 309 g/mol. The van der Waals surface area contributed by atoms with E-state index in [2.05, 4.69) is 10.6 Å². The van der Waals surface area contributed by atoms with E-state index >= 15 is 0 Å². The standard InChI is InChI=1S/C14H19N3O5/c1-10(2)14(19)16-8-7-15-13(18)9-22-12-6-4-3-5-11(12)17(20)21/h3-6,10H,7-9H2,1-2H3,(H,15,18)(H,16,19). The van der Waals surface area contributed by atoms with Crippen LogP contribution < -0.4 is 15.4 Å². The third-order valence-electron chi connectivity index (χ3n) is 2.69. The van der Waals surface area contributed by atoms with Gasteiger partial charge in [0.05, 0.1) is 4.92 Å². The Bertz CT molecular complexity index is 545. The number of nitro groups is 1. The van der Waals surface area contributed by atoms with Crippen molar-refractivity contribution in [1.82, 2.24) is 10.6 Å². The van der Waals surface area contributed by atoms with Crippen LogP contribution in [0.4, 0.5) is 5.69 Å². The molecule has 1 aromatic carbocycles. The molecule has 1 aromatic rings. The summed E-state index contributed by atoms with van der Waals surface area (Å²) in [5.74, 6) is -0.587. The van der Waals surface area contributed by atoms with Crippen molar-refractivity contribution in [1.29, 1.82) is 0 Å². The Hall–Kier alpha value is -2.64. The van der Waals surface area contributed by atoms with Gasteiger partial charge in [-0.05, 0) is 6.07 Å². The Labute approximate surface area is 128 Å². The molecule has 2 N–H and O–H groups in total. The van der Waals surface area contributed by atoms with Gasteiger partial charge in [0.1, 0.15) is 0 Å². The van der Waals surface area contributed by atoms with Crippen LogP contribution in [0.5, 0.6) is 5.75 Å². The van der Waals surface area contributed by atoms with E-state index in [-0.39, 0.29) is 36.4 Å². The van der Waals surface area contributed by atoms with E-state index in [0.717, 1.165) is 0 Å². The number of amides is 2. The van der Waals surface area contributed by atoms with Gasteiger partial charge in [-0.1, -0.05) is 26.0 Å². The molecule has 0 aliphatic carbocycles. The number of hydrogen-bond acceptors (Lipinski definition) is 5. The summed E-state index contributed by atoms with van der Waals surface area (Å²) in [6, 6.07) is 5.83. The van der Waals surface area contributed by atoms with Crippen LogP contribution >= 0.6 is 0 Å². The molecule has 1 rings (SSSR count). The van der Waals surface area contributed by atoms with Gasteiger partial charge in [0, 0.05) is 25.1 Å². The first kappa shape index (κ1) is 17.4. The third-order valence-corrected chi connectivity index (χ3v) is 2.69. The molecule has 0 unspecified atom stereocenters. The predicted octanol–water partition coefficient (Wildman–Crippen LogP) is 0.862.